The number of halogens is 3. The number of rotatable bonds is 8. The molecule has 3 rings (SSSR count). The largest absolute Gasteiger partial charge is 0.416 e. The monoisotopic (exact) mass is 434 g/mol. The molecular weight excluding hydrogens is 413 g/mol. The smallest absolute Gasteiger partial charge is 0.355 e. The Morgan fingerprint density at radius 1 is 1.03 bits per heavy atom. The summed E-state index contributed by atoms with van der Waals surface area (Å²) in [6.45, 7) is 2.84. The van der Waals surface area contributed by atoms with Gasteiger partial charge in [0.15, 0.2) is 5.16 Å². The van der Waals surface area contributed by atoms with E-state index in [-0.39, 0.29) is 11.7 Å². The molecule has 0 fully saturated rings. The lowest BCUT2D eigenvalue weighted by Crippen LogP contribution is -2.27. The Balaban J connectivity index is 1.46. The standard InChI is InChI=1S/C21H21F3N4OS/c1-15-26-27-20(28(15)13-17-5-3-2-4-6-17)30-14-19(29)25-12-11-16-7-9-18(10-8-16)21(22,23)24/h2-10H,11-14H2,1H3,(H,25,29). The minimum atomic E-state index is -4.34. The summed E-state index contributed by atoms with van der Waals surface area (Å²) in [7, 11) is 0. The molecular formula is C21H21F3N4OS. The number of hydrogen-bond donors (Lipinski definition) is 1. The first-order chi connectivity index (χ1) is 14.3. The normalized spacial score (nSPS) is 11.5. The lowest BCUT2D eigenvalue weighted by molar-refractivity contribution is -0.137. The molecule has 1 N–H and O–H groups in total. The molecule has 0 atom stereocenters. The van der Waals surface area contributed by atoms with E-state index in [1.165, 1.54) is 23.9 Å². The summed E-state index contributed by atoms with van der Waals surface area (Å²) in [5.74, 6) is 0.780. The van der Waals surface area contributed by atoms with Gasteiger partial charge in [0.2, 0.25) is 5.91 Å². The van der Waals surface area contributed by atoms with Crippen LogP contribution in [0.25, 0.3) is 0 Å². The molecule has 0 saturated carbocycles. The number of benzene rings is 2. The third kappa shape index (κ3) is 6.09. The highest BCUT2D eigenvalue weighted by Crippen LogP contribution is 2.29. The van der Waals surface area contributed by atoms with Gasteiger partial charge in [-0.2, -0.15) is 13.2 Å². The molecule has 0 aliphatic carbocycles. The quantitative estimate of drug-likeness (QED) is 0.542. The molecule has 0 aliphatic heterocycles. The van der Waals surface area contributed by atoms with Crippen molar-refractivity contribution in [1.82, 2.24) is 20.1 Å². The second-order valence-electron chi connectivity index (χ2n) is 6.68. The van der Waals surface area contributed by atoms with Crippen molar-refractivity contribution in [2.24, 2.45) is 0 Å². The number of carbonyl (C=O) groups is 1. The number of carbonyl (C=O) groups excluding carboxylic acids is 1. The molecule has 30 heavy (non-hydrogen) atoms. The molecule has 0 aliphatic rings. The summed E-state index contributed by atoms with van der Waals surface area (Å²) in [6.07, 6.45) is -3.89. The van der Waals surface area contributed by atoms with E-state index < -0.39 is 11.7 Å². The van der Waals surface area contributed by atoms with Crippen LogP contribution < -0.4 is 5.32 Å². The van der Waals surface area contributed by atoms with E-state index in [1.54, 1.807) is 0 Å². The Hall–Kier alpha value is -2.81. The van der Waals surface area contributed by atoms with Gasteiger partial charge in [-0.25, -0.2) is 0 Å². The molecule has 0 saturated heterocycles. The van der Waals surface area contributed by atoms with Crippen molar-refractivity contribution in [2.75, 3.05) is 12.3 Å². The molecule has 1 amide bonds. The summed E-state index contributed by atoms with van der Waals surface area (Å²) in [5, 5.41) is 11.7. The summed E-state index contributed by atoms with van der Waals surface area (Å²) < 4.78 is 39.7. The second kappa shape index (κ2) is 9.80. The lowest BCUT2D eigenvalue weighted by atomic mass is 10.1. The van der Waals surface area contributed by atoms with Gasteiger partial charge < -0.3 is 9.88 Å². The minimum absolute atomic E-state index is 0.168. The molecule has 0 radical (unpaired) electrons. The van der Waals surface area contributed by atoms with E-state index >= 15 is 0 Å². The Morgan fingerprint density at radius 2 is 1.73 bits per heavy atom. The number of amides is 1. The van der Waals surface area contributed by atoms with Crippen LogP contribution in [0.4, 0.5) is 13.2 Å². The highest BCUT2D eigenvalue weighted by Gasteiger charge is 2.29. The van der Waals surface area contributed by atoms with Crippen LogP contribution in [0.2, 0.25) is 0 Å². The van der Waals surface area contributed by atoms with Crippen molar-refractivity contribution >= 4 is 17.7 Å². The van der Waals surface area contributed by atoms with Crippen LogP contribution in [-0.2, 0) is 23.9 Å². The number of hydrogen-bond acceptors (Lipinski definition) is 4. The number of thioether (sulfide) groups is 1. The zero-order valence-electron chi connectivity index (χ0n) is 16.3. The highest BCUT2D eigenvalue weighted by molar-refractivity contribution is 7.99. The van der Waals surface area contributed by atoms with Crippen molar-refractivity contribution in [3.05, 3.63) is 77.1 Å². The molecule has 1 aromatic heterocycles. The summed E-state index contributed by atoms with van der Waals surface area (Å²) in [4.78, 5) is 12.1. The fraction of sp³-hybridized carbons (Fsp3) is 0.286. The van der Waals surface area contributed by atoms with Gasteiger partial charge in [-0.05, 0) is 36.6 Å². The first-order valence-electron chi connectivity index (χ1n) is 9.32. The van der Waals surface area contributed by atoms with Gasteiger partial charge >= 0.3 is 6.18 Å². The van der Waals surface area contributed by atoms with Gasteiger partial charge in [0.05, 0.1) is 17.9 Å². The van der Waals surface area contributed by atoms with E-state index in [9.17, 15) is 18.0 Å². The predicted molar refractivity (Wildman–Crippen MR) is 109 cm³/mol. The molecule has 158 valence electrons. The Labute approximate surface area is 176 Å². The molecule has 0 bridgehead atoms. The first kappa shape index (κ1) is 21.9. The molecule has 2 aromatic carbocycles. The van der Waals surface area contributed by atoms with E-state index in [0.29, 0.717) is 24.7 Å². The average Bonchev–Trinajstić information content (AvgIpc) is 3.06. The summed E-state index contributed by atoms with van der Waals surface area (Å²) in [6, 6.07) is 14.9. The predicted octanol–water partition coefficient (Wildman–Crippen LogP) is 4.10. The lowest BCUT2D eigenvalue weighted by Gasteiger charge is -2.09. The minimum Gasteiger partial charge on any atom is -0.355 e. The number of nitrogens with zero attached hydrogens (tertiary/aromatic N) is 3. The van der Waals surface area contributed by atoms with Gasteiger partial charge in [0.1, 0.15) is 5.82 Å². The van der Waals surface area contributed by atoms with Crippen LogP contribution in [0, 0.1) is 6.92 Å². The molecule has 0 unspecified atom stereocenters. The van der Waals surface area contributed by atoms with Crippen LogP contribution in [0.5, 0.6) is 0 Å². The van der Waals surface area contributed by atoms with Gasteiger partial charge in [-0.1, -0.05) is 54.2 Å². The van der Waals surface area contributed by atoms with Crippen LogP contribution in [-0.4, -0.2) is 33.0 Å². The van der Waals surface area contributed by atoms with E-state index in [0.717, 1.165) is 29.1 Å². The second-order valence-corrected chi connectivity index (χ2v) is 7.63. The van der Waals surface area contributed by atoms with E-state index in [4.69, 9.17) is 0 Å². The Morgan fingerprint density at radius 3 is 2.40 bits per heavy atom. The van der Waals surface area contributed by atoms with E-state index in [2.05, 4.69) is 15.5 Å². The third-order valence-corrected chi connectivity index (χ3v) is 5.40. The number of aromatic nitrogens is 3. The van der Waals surface area contributed by atoms with Crippen molar-refractivity contribution in [3.63, 3.8) is 0 Å². The Kier molecular flexibility index (Phi) is 7.15. The molecule has 9 heteroatoms. The topological polar surface area (TPSA) is 59.8 Å². The van der Waals surface area contributed by atoms with Gasteiger partial charge in [-0.15, -0.1) is 10.2 Å². The van der Waals surface area contributed by atoms with Crippen LogP contribution >= 0.6 is 11.8 Å². The first-order valence-corrected chi connectivity index (χ1v) is 10.3. The van der Waals surface area contributed by atoms with Crippen molar-refractivity contribution in [3.8, 4) is 0 Å². The molecule has 0 spiro atoms. The van der Waals surface area contributed by atoms with Crippen molar-refractivity contribution in [1.29, 1.82) is 0 Å². The van der Waals surface area contributed by atoms with Crippen LogP contribution in [0.1, 0.15) is 22.5 Å². The van der Waals surface area contributed by atoms with Gasteiger partial charge in [-0.3, -0.25) is 4.79 Å². The van der Waals surface area contributed by atoms with Gasteiger partial charge in [0, 0.05) is 6.54 Å². The van der Waals surface area contributed by atoms with Crippen molar-refractivity contribution in [2.45, 2.75) is 31.2 Å². The summed E-state index contributed by atoms with van der Waals surface area (Å²) in [5.41, 5.74) is 1.17. The maximum atomic E-state index is 12.6. The van der Waals surface area contributed by atoms with Gasteiger partial charge in [0.25, 0.3) is 0 Å². The zero-order valence-corrected chi connectivity index (χ0v) is 17.1. The zero-order chi connectivity index (χ0) is 21.6. The SMILES string of the molecule is Cc1nnc(SCC(=O)NCCc2ccc(C(F)(F)F)cc2)n1Cc1ccccc1. The number of aryl methyl sites for hydroxylation is 1. The molecule has 1 heterocycles. The fourth-order valence-electron chi connectivity index (χ4n) is 2.80. The highest BCUT2D eigenvalue weighted by atomic mass is 32.2. The number of nitrogens with one attached hydrogen (secondary N) is 1. The average molecular weight is 434 g/mol. The van der Waals surface area contributed by atoms with E-state index in [1.807, 2.05) is 41.8 Å². The Bertz CT molecular complexity index is 972. The van der Waals surface area contributed by atoms with Crippen LogP contribution in [0.3, 0.4) is 0 Å². The maximum Gasteiger partial charge on any atom is 0.416 e. The maximum absolute atomic E-state index is 12.6. The van der Waals surface area contributed by atoms with Crippen molar-refractivity contribution < 1.29 is 18.0 Å². The summed E-state index contributed by atoms with van der Waals surface area (Å²) >= 11 is 1.30. The third-order valence-electron chi connectivity index (χ3n) is 4.43. The molecule has 5 nitrogen and oxygen atoms in total. The van der Waals surface area contributed by atoms with Crippen LogP contribution in [0.15, 0.2) is 59.8 Å². The molecule has 3 aromatic rings. The number of alkyl halides is 3. The fourth-order valence-corrected chi connectivity index (χ4v) is 3.62.